The third kappa shape index (κ3) is 2.64. The van der Waals surface area contributed by atoms with Gasteiger partial charge in [0.15, 0.2) is 9.84 Å². The topological polar surface area (TPSA) is 46.6 Å². The number of hydrogen-bond donors (Lipinski definition) is 0. The van der Waals surface area contributed by atoms with Crippen molar-refractivity contribution in [3.63, 3.8) is 0 Å². The van der Waals surface area contributed by atoms with Crippen molar-refractivity contribution in [2.45, 2.75) is 36.8 Å². The lowest BCUT2D eigenvalue weighted by atomic mass is 10.1. The number of hydrogen-bond acceptors (Lipinski definition) is 4. The van der Waals surface area contributed by atoms with Gasteiger partial charge < -0.3 is 4.52 Å². The van der Waals surface area contributed by atoms with E-state index in [1.165, 1.54) is 0 Å². The summed E-state index contributed by atoms with van der Waals surface area (Å²) in [4.78, 5) is 0.406. The molecule has 0 unspecified atom stereocenters. The summed E-state index contributed by atoms with van der Waals surface area (Å²) >= 11 is 0. The highest BCUT2D eigenvalue weighted by Crippen LogP contribution is 2.52. The third-order valence-electron chi connectivity index (χ3n) is 4.11. The van der Waals surface area contributed by atoms with Crippen LogP contribution < -0.4 is 0 Å². The lowest BCUT2D eigenvalue weighted by Crippen LogP contribution is -2.33. The van der Waals surface area contributed by atoms with Crippen molar-refractivity contribution < 1.29 is 12.9 Å². The third-order valence-corrected chi connectivity index (χ3v) is 7.67. The second-order valence-electron chi connectivity index (χ2n) is 5.58. The van der Waals surface area contributed by atoms with Crippen molar-refractivity contribution in [2.24, 2.45) is 0 Å². The SMILES string of the molecule is Cc1ccc(S(=O)(=O)C[C@@H]2O[P@@](C)N3CCC[C@H]23)cc1. The first-order valence-electron chi connectivity index (χ1n) is 6.94. The molecule has 2 heterocycles. The molecular weight excluding hydrogens is 293 g/mol. The Morgan fingerprint density at radius 1 is 1.35 bits per heavy atom. The second-order valence-corrected chi connectivity index (χ2v) is 9.26. The number of nitrogens with zero attached hydrogens (tertiary/aromatic N) is 1. The summed E-state index contributed by atoms with van der Waals surface area (Å²) in [6.45, 7) is 5.08. The zero-order valence-electron chi connectivity index (χ0n) is 11.8. The maximum absolute atomic E-state index is 12.5. The summed E-state index contributed by atoms with van der Waals surface area (Å²) in [5, 5.41) is 0. The highest BCUT2D eigenvalue weighted by Gasteiger charge is 2.44. The molecule has 6 heteroatoms. The fourth-order valence-corrected chi connectivity index (χ4v) is 6.43. The fraction of sp³-hybridized carbons (Fsp3) is 0.571. The van der Waals surface area contributed by atoms with Crippen LogP contribution in [-0.2, 0) is 14.4 Å². The summed E-state index contributed by atoms with van der Waals surface area (Å²) in [6, 6.07) is 7.38. The molecule has 1 aromatic carbocycles. The Labute approximate surface area is 121 Å². The molecule has 0 saturated carbocycles. The Morgan fingerprint density at radius 3 is 2.75 bits per heavy atom. The molecule has 0 N–H and O–H groups in total. The van der Waals surface area contributed by atoms with Crippen LogP contribution in [0.5, 0.6) is 0 Å². The van der Waals surface area contributed by atoms with Crippen molar-refractivity contribution in [3.05, 3.63) is 29.8 Å². The molecule has 2 fully saturated rings. The smallest absolute Gasteiger partial charge is 0.180 e. The summed E-state index contributed by atoms with van der Waals surface area (Å²) < 4.78 is 33.3. The Hall–Kier alpha value is -0.480. The quantitative estimate of drug-likeness (QED) is 0.805. The predicted molar refractivity (Wildman–Crippen MR) is 80.7 cm³/mol. The van der Waals surface area contributed by atoms with Crippen LogP contribution in [0.25, 0.3) is 0 Å². The lowest BCUT2D eigenvalue weighted by molar-refractivity contribution is 0.234. The number of rotatable bonds is 3. The van der Waals surface area contributed by atoms with Gasteiger partial charge in [-0.05, 0) is 38.6 Å². The van der Waals surface area contributed by atoms with Gasteiger partial charge in [0.2, 0.25) is 0 Å². The van der Waals surface area contributed by atoms with Crippen LogP contribution in [0.1, 0.15) is 18.4 Å². The summed E-state index contributed by atoms with van der Waals surface area (Å²) in [7, 11) is -3.87. The lowest BCUT2D eigenvalue weighted by Gasteiger charge is -2.17. The van der Waals surface area contributed by atoms with Gasteiger partial charge in [-0.1, -0.05) is 17.7 Å². The minimum Gasteiger partial charge on any atom is -0.338 e. The fourth-order valence-electron chi connectivity index (χ4n) is 3.03. The van der Waals surface area contributed by atoms with E-state index in [1.807, 2.05) is 19.1 Å². The molecule has 0 aromatic heterocycles. The first-order chi connectivity index (χ1) is 9.47. The molecule has 0 spiro atoms. The van der Waals surface area contributed by atoms with Crippen molar-refractivity contribution in [2.75, 3.05) is 19.0 Å². The Morgan fingerprint density at radius 2 is 2.05 bits per heavy atom. The molecule has 20 heavy (non-hydrogen) atoms. The number of benzene rings is 1. The van der Waals surface area contributed by atoms with Crippen LogP contribution in [-0.4, -0.2) is 44.2 Å². The van der Waals surface area contributed by atoms with Crippen molar-refractivity contribution in [1.82, 2.24) is 4.67 Å². The summed E-state index contributed by atoms with van der Waals surface area (Å²) in [6.07, 6.45) is 2.04. The van der Waals surface area contributed by atoms with Gasteiger partial charge in [-0.2, -0.15) is 0 Å². The monoisotopic (exact) mass is 313 g/mol. The molecule has 1 aromatic rings. The van der Waals surface area contributed by atoms with Gasteiger partial charge in [0, 0.05) is 12.6 Å². The Bertz CT molecular complexity index is 587. The van der Waals surface area contributed by atoms with Crippen LogP contribution >= 0.6 is 8.30 Å². The molecule has 2 aliphatic heterocycles. The molecule has 2 aliphatic rings. The van der Waals surface area contributed by atoms with Crippen molar-refractivity contribution in [1.29, 1.82) is 0 Å². The Kier molecular flexibility index (Phi) is 3.89. The first-order valence-corrected chi connectivity index (χ1v) is 10.2. The van der Waals surface area contributed by atoms with Crippen molar-refractivity contribution >= 4 is 18.1 Å². The molecule has 2 saturated heterocycles. The largest absolute Gasteiger partial charge is 0.338 e. The van der Waals surface area contributed by atoms with Gasteiger partial charge in [-0.25, -0.2) is 8.42 Å². The van der Waals surface area contributed by atoms with E-state index in [0.29, 0.717) is 10.9 Å². The van der Waals surface area contributed by atoms with Crippen molar-refractivity contribution in [3.8, 4) is 0 Å². The molecule has 4 nitrogen and oxygen atoms in total. The molecule has 0 bridgehead atoms. The maximum Gasteiger partial charge on any atom is 0.180 e. The van der Waals surface area contributed by atoms with E-state index in [2.05, 4.69) is 11.3 Å². The van der Waals surface area contributed by atoms with E-state index >= 15 is 0 Å². The summed E-state index contributed by atoms with van der Waals surface area (Å²) in [5.74, 6) is 0.101. The first kappa shape index (κ1) is 14.5. The zero-order valence-corrected chi connectivity index (χ0v) is 13.5. The molecule has 0 amide bonds. The molecule has 110 valence electrons. The van der Waals surface area contributed by atoms with Crippen LogP contribution in [0.3, 0.4) is 0 Å². The molecule has 3 rings (SSSR count). The number of sulfone groups is 1. The van der Waals surface area contributed by atoms with E-state index < -0.39 is 18.1 Å². The van der Waals surface area contributed by atoms with E-state index in [1.54, 1.807) is 12.1 Å². The van der Waals surface area contributed by atoms with E-state index in [0.717, 1.165) is 24.9 Å². The molecule has 0 radical (unpaired) electrons. The van der Waals surface area contributed by atoms with Gasteiger partial charge in [-0.3, -0.25) is 4.67 Å². The van der Waals surface area contributed by atoms with Gasteiger partial charge >= 0.3 is 0 Å². The van der Waals surface area contributed by atoms with Gasteiger partial charge in [0.1, 0.15) is 8.30 Å². The van der Waals surface area contributed by atoms with Gasteiger partial charge in [0.25, 0.3) is 0 Å². The molecule has 0 aliphatic carbocycles. The van der Waals surface area contributed by atoms with Crippen LogP contribution in [0.4, 0.5) is 0 Å². The van der Waals surface area contributed by atoms with E-state index in [9.17, 15) is 8.42 Å². The average Bonchev–Trinajstić information content (AvgIpc) is 2.96. The van der Waals surface area contributed by atoms with E-state index in [-0.39, 0.29) is 11.9 Å². The number of aryl methyl sites for hydroxylation is 1. The number of fused-ring (bicyclic) bond motifs is 1. The highest BCUT2D eigenvalue weighted by atomic mass is 32.2. The standard InChI is InChI=1S/C14H20NO3PS/c1-11-5-7-12(8-6-11)20(16,17)10-14-13-4-3-9-15(13)19(2)18-14/h5-8,13-14H,3-4,9-10H2,1-2H3/t13-,14+,19+/m1/s1. The van der Waals surface area contributed by atoms with Crippen LogP contribution in [0.15, 0.2) is 29.2 Å². The van der Waals surface area contributed by atoms with E-state index in [4.69, 9.17) is 4.52 Å². The van der Waals surface area contributed by atoms with Crippen LogP contribution in [0.2, 0.25) is 0 Å². The zero-order chi connectivity index (χ0) is 14.3. The summed E-state index contributed by atoms with van der Waals surface area (Å²) in [5.41, 5.74) is 1.07. The Balaban J connectivity index is 1.78. The highest BCUT2D eigenvalue weighted by molar-refractivity contribution is 7.91. The van der Waals surface area contributed by atoms with Gasteiger partial charge in [0.05, 0.1) is 16.8 Å². The maximum atomic E-state index is 12.5. The predicted octanol–water partition coefficient (Wildman–Crippen LogP) is 2.57. The second kappa shape index (κ2) is 5.38. The minimum absolute atomic E-state index is 0.101. The normalized spacial score (nSPS) is 30.6. The molecular formula is C14H20NO3PS. The van der Waals surface area contributed by atoms with Crippen LogP contribution in [0, 0.1) is 6.92 Å². The average molecular weight is 313 g/mol. The minimum atomic E-state index is -3.26. The van der Waals surface area contributed by atoms with Gasteiger partial charge in [-0.15, -0.1) is 0 Å². The molecule has 3 atom stereocenters.